The van der Waals surface area contributed by atoms with Crippen molar-refractivity contribution in [3.8, 4) is 0 Å². The van der Waals surface area contributed by atoms with E-state index in [2.05, 4.69) is 31.3 Å². The van der Waals surface area contributed by atoms with Crippen molar-refractivity contribution in [2.45, 2.75) is 12.8 Å². The van der Waals surface area contributed by atoms with Gasteiger partial charge >= 0.3 is 0 Å². The van der Waals surface area contributed by atoms with Gasteiger partial charge in [0.2, 0.25) is 11.8 Å². The highest BCUT2D eigenvalue weighted by Crippen LogP contribution is 2.15. The molecule has 8 heteroatoms. The zero-order valence-corrected chi connectivity index (χ0v) is 22.2. The van der Waals surface area contributed by atoms with E-state index in [1.807, 2.05) is 72.8 Å². The molecule has 0 aromatic heterocycles. The van der Waals surface area contributed by atoms with Gasteiger partial charge in [-0.15, -0.1) is 0 Å². The van der Waals surface area contributed by atoms with Crippen LogP contribution in [0.15, 0.2) is 94.9 Å². The van der Waals surface area contributed by atoms with E-state index in [0.717, 1.165) is 72.9 Å². The topological polar surface area (TPSA) is 107 Å². The molecule has 8 nitrogen and oxygen atoms in total. The molecule has 0 atom stereocenters. The molecule has 0 radical (unpaired) electrons. The lowest BCUT2D eigenvalue weighted by atomic mass is 10.1. The van der Waals surface area contributed by atoms with Gasteiger partial charge in [0, 0.05) is 60.8 Å². The second-order valence-corrected chi connectivity index (χ2v) is 9.49. The van der Waals surface area contributed by atoms with Gasteiger partial charge in [-0.05, 0) is 60.4 Å². The van der Waals surface area contributed by atoms with Crippen LogP contribution in [0.3, 0.4) is 0 Å². The lowest BCUT2D eigenvalue weighted by molar-refractivity contribution is -0.112. The van der Waals surface area contributed by atoms with Crippen molar-refractivity contribution in [3.63, 3.8) is 0 Å². The Hall–Kier alpha value is -4.98. The Kier molecular flexibility index (Phi) is 8.78. The first-order valence-electron chi connectivity index (χ1n) is 13.5. The summed E-state index contributed by atoms with van der Waals surface area (Å²) in [5, 5.41) is 12.4. The summed E-state index contributed by atoms with van der Waals surface area (Å²) in [6.07, 6.45) is 8.58. The van der Waals surface area contributed by atoms with Gasteiger partial charge in [0.1, 0.15) is 11.7 Å². The minimum atomic E-state index is -0.216. The molecule has 0 saturated carbocycles. The first-order chi connectivity index (χ1) is 19.6. The van der Waals surface area contributed by atoms with Gasteiger partial charge in [-0.3, -0.25) is 19.6 Å². The number of amidine groups is 2. The van der Waals surface area contributed by atoms with Crippen molar-refractivity contribution in [3.05, 3.63) is 107 Å². The predicted molar refractivity (Wildman–Crippen MR) is 163 cm³/mol. The summed E-state index contributed by atoms with van der Waals surface area (Å²) in [6.45, 7) is 3.44. The molecule has 202 valence electrons. The van der Waals surface area contributed by atoms with Crippen LogP contribution in [0.1, 0.15) is 35.1 Å². The van der Waals surface area contributed by atoms with Crippen LogP contribution in [0.4, 0.5) is 11.4 Å². The Morgan fingerprint density at radius 2 is 1.10 bits per heavy atom. The van der Waals surface area contributed by atoms with Crippen molar-refractivity contribution in [1.82, 2.24) is 10.6 Å². The van der Waals surface area contributed by atoms with Crippen molar-refractivity contribution in [2.75, 3.05) is 36.8 Å². The highest BCUT2D eigenvalue weighted by Gasteiger charge is 2.09. The van der Waals surface area contributed by atoms with Gasteiger partial charge in [-0.25, -0.2) is 0 Å². The van der Waals surface area contributed by atoms with Gasteiger partial charge in [0.25, 0.3) is 0 Å². The van der Waals surface area contributed by atoms with Crippen LogP contribution in [0.2, 0.25) is 0 Å². The number of nitrogens with one attached hydrogen (secondary N) is 4. The third kappa shape index (κ3) is 7.54. The highest BCUT2D eigenvalue weighted by molar-refractivity contribution is 6.05. The number of amides is 2. The number of carbonyl (C=O) groups is 2. The van der Waals surface area contributed by atoms with Gasteiger partial charge in [-0.2, -0.15) is 0 Å². The average molecular weight is 533 g/mol. The molecular weight excluding hydrogens is 500 g/mol. The fourth-order valence-corrected chi connectivity index (χ4v) is 4.37. The van der Waals surface area contributed by atoms with E-state index in [4.69, 9.17) is 0 Å². The zero-order chi connectivity index (χ0) is 27.6. The van der Waals surface area contributed by atoms with Crippen molar-refractivity contribution in [2.24, 2.45) is 9.98 Å². The Labute approximate surface area is 234 Å². The van der Waals surface area contributed by atoms with Crippen molar-refractivity contribution < 1.29 is 9.59 Å². The molecule has 0 saturated heterocycles. The molecule has 4 N–H and O–H groups in total. The normalized spacial score (nSPS) is 15.1. The molecule has 2 amide bonds. The third-order valence-electron chi connectivity index (χ3n) is 6.39. The predicted octanol–water partition coefficient (Wildman–Crippen LogP) is 4.47. The molecular formula is C32H32N6O2. The molecule has 40 heavy (non-hydrogen) atoms. The van der Waals surface area contributed by atoms with E-state index < -0.39 is 0 Å². The van der Waals surface area contributed by atoms with Crippen LogP contribution in [-0.4, -0.2) is 49.7 Å². The molecule has 0 unspecified atom stereocenters. The lowest BCUT2D eigenvalue weighted by Crippen LogP contribution is -2.30. The van der Waals surface area contributed by atoms with Gasteiger partial charge < -0.3 is 21.3 Å². The summed E-state index contributed by atoms with van der Waals surface area (Å²) in [5.41, 5.74) is 5.10. The number of hydrogen-bond acceptors (Lipinski definition) is 6. The standard InChI is InChI=1S/C32H32N6O2/c39-29(37-27-7-1-5-25(21-27)31-33-17-3-18-34-31)15-13-23-9-11-24(12-10-23)14-16-30(40)38-28-8-2-6-26(22-28)32-35-19-4-20-36-32/h1-2,5-16,21-22H,3-4,17-20H2,(H,33,34)(H,35,36)(H,37,39)(H,38,40)/b15-13+,16-14+. The molecule has 0 aliphatic carbocycles. The molecule has 2 aliphatic heterocycles. The largest absolute Gasteiger partial charge is 0.370 e. The number of rotatable bonds is 8. The van der Waals surface area contributed by atoms with Crippen LogP contribution >= 0.6 is 0 Å². The minimum Gasteiger partial charge on any atom is -0.370 e. The van der Waals surface area contributed by atoms with E-state index in [1.54, 1.807) is 12.2 Å². The molecule has 0 bridgehead atoms. The minimum absolute atomic E-state index is 0.216. The van der Waals surface area contributed by atoms with Crippen LogP contribution < -0.4 is 21.3 Å². The first-order valence-corrected chi connectivity index (χ1v) is 13.5. The molecule has 0 spiro atoms. The van der Waals surface area contributed by atoms with Crippen LogP contribution in [0, 0.1) is 0 Å². The van der Waals surface area contributed by atoms with Gasteiger partial charge in [0.15, 0.2) is 0 Å². The van der Waals surface area contributed by atoms with E-state index in [1.165, 1.54) is 12.2 Å². The fraction of sp³-hybridized carbons (Fsp3) is 0.188. The lowest BCUT2D eigenvalue weighted by Gasteiger charge is -2.15. The van der Waals surface area contributed by atoms with Crippen LogP contribution in [0.5, 0.6) is 0 Å². The second-order valence-electron chi connectivity index (χ2n) is 9.49. The molecule has 5 rings (SSSR count). The third-order valence-corrected chi connectivity index (χ3v) is 6.39. The monoisotopic (exact) mass is 532 g/mol. The van der Waals surface area contributed by atoms with Crippen LogP contribution in [-0.2, 0) is 9.59 Å². The number of benzene rings is 3. The second kappa shape index (κ2) is 13.2. The number of anilines is 2. The average Bonchev–Trinajstić information content (AvgIpc) is 3.01. The van der Waals surface area contributed by atoms with Crippen molar-refractivity contribution >= 4 is 47.0 Å². The van der Waals surface area contributed by atoms with E-state index in [-0.39, 0.29) is 11.8 Å². The molecule has 3 aromatic carbocycles. The molecule has 3 aromatic rings. The number of carbonyl (C=O) groups excluding carboxylic acids is 2. The summed E-state index contributed by atoms with van der Waals surface area (Å²) in [7, 11) is 0. The summed E-state index contributed by atoms with van der Waals surface area (Å²) in [5.74, 6) is 1.29. The van der Waals surface area contributed by atoms with Gasteiger partial charge in [0.05, 0.1) is 0 Å². The van der Waals surface area contributed by atoms with E-state index in [0.29, 0.717) is 11.4 Å². The molecule has 0 fully saturated rings. The summed E-state index contributed by atoms with van der Waals surface area (Å²) in [4.78, 5) is 34.0. The Morgan fingerprint density at radius 3 is 1.50 bits per heavy atom. The quantitative estimate of drug-likeness (QED) is 0.321. The van der Waals surface area contributed by atoms with E-state index in [9.17, 15) is 9.59 Å². The Bertz CT molecular complexity index is 1370. The maximum absolute atomic E-state index is 12.5. The molecule has 2 heterocycles. The van der Waals surface area contributed by atoms with E-state index >= 15 is 0 Å². The van der Waals surface area contributed by atoms with Gasteiger partial charge in [-0.1, -0.05) is 48.5 Å². The fourth-order valence-electron chi connectivity index (χ4n) is 4.37. The Balaban J connectivity index is 1.13. The number of aliphatic imine (C=N–C) groups is 2. The summed E-state index contributed by atoms with van der Waals surface area (Å²) >= 11 is 0. The van der Waals surface area contributed by atoms with Crippen LogP contribution in [0.25, 0.3) is 12.2 Å². The molecule has 2 aliphatic rings. The highest BCUT2D eigenvalue weighted by atomic mass is 16.2. The maximum atomic E-state index is 12.5. The zero-order valence-electron chi connectivity index (χ0n) is 22.2. The first kappa shape index (κ1) is 26.6. The number of nitrogens with zero attached hydrogens (tertiary/aromatic N) is 2. The summed E-state index contributed by atoms with van der Waals surface area (Å²) in [6, 6.07) is 22.9. The SMILES string of the molecule is O=C(/C=C/c1ccc(/C=C/C(=O)Nc2cccc(C3=NCCCN3)c2)cc1)Nc1cccc(C2=NCCCN2)c1. The number of hydrogen-bond donors (Lipinski definition) is 4. The summed E-state index contributed by atoms with van der Waals surface area (Å²) < 4.78 is 0. The smallest absolute Gasteiger partial charge is 0.248 e. The van der Waals surface area contributed by atoms with Crippen molar-refractivity contribution in [1.29, 1.82) is 0 Å². The Morgan fingerprint density at radius 1 is 0.650 bits per heavy atom. The maximum Gasteiger partial charge on any atom is 0.248 e.